The maximum atomic E-state index is 7.69. The third-order valence-corrected chi connectivity index (χ3v) is 0.800. The smallest absolute Gasteiger partial charge is 0.364 e. The maximum absolute atomic E-state index is 7.69. The van der Waals surface area contributed by atoms with Gasteiger partial charge in [-0.3, -0.25) is 0 Å². The minimum atomic E-state index is -2.04. The standard InChI is InChI=1S/3C2H6O4.2Ti/c3*3-1(4)2(5)6;;/h3*1-6H;;/q;;;2*+2. The van der Waals surface area contributed by atoms with E-state index in [1.165, 1.54) is 0 Å². The molecule has 0 rings (SSSR count). The summed E-state index contributed by atoms with van der Waals surface area (Å²) >= 11 is 0. The van der Waals surface area contributed by atoms with E-state index in [0.29, 0.717) is 0 Å². The van der Waals surface area contributed by atoms with Gasteiger partial charge >= 0.3 is 43.4 Å². The molecule has 0 unspecified atom stereocenters. The second kappa shape index (κ2) is 19.9. The zero-order chi connectivity index (χ0) is 15.5. The van der Waals surface area contributed by atoms with Gasteiger partial charge in [0.05, 0.1) is 0 Å². The molecule has 0 aliphatic heterocycles. The summed E-state index contributed by atoms with van der Waals surface area (Å²) in [7, 11) is 0. The Kier molecular flexibility index (Phi) is 32.7. The monoisotopic (exact) mass is 378 g/mol. The second-order valence-corrected chi connectivity index (χ2v) is 2.48. The maximum Gasteiger partial charge on any atom is 2.00 e. The number of hydrogen-bond donors (Lipinski definition) is 12. The van der Waals surface area contributed by atoms with Gasteiger partial charge in [-0.25, -0.2) is 0 Å². The Bertz CT molecular complexity index is 117. The topological polar surface area (TPSA) is 243 Å². The van der Waals surface area contributed by atoms with Crippen LogP contribution in [0, 0.1) is 0 Å². The molecule has 0 saturated carbocycles. The van der Waals surface area contributed by atoms with Crippen LogP contribution in [0.25, 0.3) is 0 Å². The fourth-order valence-electron chi connectivity index (χ4n) is 0. The van der Waals surface area contributed by atoms with Crippen molar-refractivity contribution in [1.82, 2.24) is 0 Å². The van der Waals surface area contributed by atoms with Crippen molar-refractivity contribution in [2.24, 2.45) is 0 Å². The summed E-state index contributed by atoms with van der Waals surface area (Å²) in [6.45, 7) is 0. The Morgan fingerprint density at radius 3 is 0.300 bits per heavy atom. The molecule has 0 aromatic rings. The number of hydrogen-bond acceptors (Lipinski definition) is 12. The van der Waals surface area contributed by atoms with Crippen molar-refractivity contribution >= 4 is 0 Å². The van der Waals surface area contributed by atoms with Crippen LogP contribution in [-0.2, 0) is 43.4 Å². The largest absolute Gasteiger partial charge is 2.00 e. The first-order valence-electron chi connectivity index (χ1n) is 4.10. The van der Waals surface area contributed by atoms with Crippen molar-refractivity contribution in [2.75, 3.05) is 0 Å². The van der Waals surface area contributed by atoms with Crippen LogP contribution in [0.2, 0.25) is 0 Å². The molecule has 0 atom stereocenters. The van der Waals surface area contributed by atoms with Gasteiger partial charge in [0.15, 0.2) is 0 Å². The Morgan fingerprint density at radius 1 is 0.250 bits per heavy atom. The summed E-state index contributed by atoms with van der Waals surface area (Å²) < 4.78 is 0. The minimum Gasteiger partial charge on any atom is -0.364 e. The molecule has 0 aromatic heterocycles. The fraction of sp³-hybridized carbons (Fsp3) is 1.00. The van der Waals surface area contributed by atoms with Gasteiger partial charge in [-0.05, 0) is 0 Å². The number of rotatable bonds is 3. The predicted octanol–water partition coefficient (Wildman–Crippen LogP) is -7.18. The van der Waals surface area contributed by atoms with Gasteiger partial charge in [-0.2, -0.15) is 0 Å². The van der Waals surface area contributed by atoms with Crippen LogP contribution >= 0.6 is 0 Å². The van der Waals surface area contributed by atoms with Crippen molar-refractivity contribution in [3.63, 3.8) is 0 Å². The van der Waals surface area contributed by atoms with E-state index in [9.17, 15) is 0 Å². The summed E-state index contributed by atoms with van der Waals surface area (Å²) in [4.78, 5) is 0. The van der Waals surface area contributed by atoms with E-state index in [1.807, 2.05) is 0 Å². The first-order valence-corrected chi connectivity index (χ1v) is 4.10. The first-order chi connectivity index (χ1) is 7.93. The van der Waals surface area contributed by atoms with Gasteiger partial charge in [-0.15, -0.1) is 0 Å². The van der Waals surface area contributed by atoms with Gasteiger partial charge in [0.2, 0.25) is 37.7 Å². The molecule has 0 fully saturated rings. The van der Waals surface area contributed by atoms with Gasteiger partial charge in [-0.1, -0.05) is 0 Å². The fourth-order valence-corrected chi connectivity index (χ4v) is 0. The van der Waals surface area contributed by atoms with E-state index in [-0.39, 0.29) is 43.4 Å². The molecule has 118 valence electrons. The zero-order valence-electron chi connectivity index (χ0n) is 9.83. The van der Waals surface area contributed by atoms with E-state index in [1.54, 1.807) is 0 Å². The molecule has 0 saturated heterocycles. The van der Waals surface area contributed by atoms with Crippen molar-refractivity contribution in [3.05, 3.63) is 0 Å². The molecular weight excluding hydrogens is 360 g/mol. The van der Waals surface area contributed by atoms with Crippen molar-refractivity contribution in [3.8, 4) is 0 Å². The summed E-state index contributed by atoms with van der Waals surface area (Å²) in [6, 6.07) is 0. The molecule has 0 aliphatic carbocycles. The average Bonchev–Trinajstić information content (AvgIpc) is 2.18. The van der Waals surface area contributed by atoms with Crippen LogP contribution in [0.1, 0.15) is 0 Å². The summed E-state index contributed by atoms with van der Waals surface area (Å²) in [5, 5.41) is 92.2. The Balaban J connectivity index is -0.0000000536. The Labute approximate surface area is 142 Å². The summed E-state index contributed by atoms with van der Waals surface area (Å²) in [5.41, 5.74) is 0. The van der Waals surface area contributed by atoms with Crippen LogP contribution < -0.4 is 0 Å². The molecule has 12 N–H and O–H groups in total. The van der Waals surface area contributed by atoms with Crippen molar-refractivity contribution in [1.29, 1.82) is 0 Å². The molecule has 20 heavy (non-hydrogen) atoms. The quantitative estimate of drug-likeness (QED) is 0.162. The molecule has 0 heterocycles. The van der Waals surface area contributed by atoms with E-state index < -0.39 is 37.7 Å². The second-order valence-electron chi connectivity index (χ2n) is 2.48. The van der Waals surface area contributed by atoms with Gasteiger partial charge in [0.1, 0.15) is 0 Å². The molecule has 0 amide bonds. The van der Waals surface area contributed by atoms with Crippen LogP contribution in [-0.4, -0.2) is 99.0 Å². The molecule has 0 spiro atoms. The normalized spacial score (nSPS) is 9.90. The van der Waals surface area contributed by atoms with E-state index in [2.05, 4.69) is 0 Å². The van der Waals surface area contributed by atoms with Crippen LogP contribution in [0.4, 0.5) is 0 Å². The van der Waals surface area contributed by atoms with E-state index >= 15 is 0 Å². The average molecular weight is 378 g/mol. The third kappa shape index (κ3) is 36.4. The van der Waals surface area contributed by atoms with Crippen LogP contribution in [0.15, 0.2) is 0 Å². The molecule has 0 aliphatic rings. The molecule has 12 nitrogen and oxygen atoms in total. The molecule has 0 aromatic carbocycles. The van der Waals surface area contributed by atoms with Crippen molar-refractivity contribution in [2.45, 2.75) is 37.7 Å². The molecular formula is C6H18O12Ti2+4. The molecule has 0 radical (unpaired) electrons. The SMILES string of the molecule is OC(O)C(O)O.OC(O)C(O)O.OC(O)C(O)O.[Ti+2].[Ti+2]. The minimum absolute atomic E-state index is 0. The van der Waals surface area contributed by atoms with Gasteiger partial charge in [0.25, 0.3) is 0 Å². The molecule has 0 bridgehead atoms. The zero-order valence-corrected chi connectivity index (χ0v) is 13.0. The van der Waals surface area contributed by atoms with Crippen molar-refractivity contribution < 1.29 is 105 Å². The van der Waals surface area contributed by atoms with Crippen LogP contribution in [0.3, 0.4) is 0 Å². The third-order valence-electron chi connectivity index (χ3n) is 0.800. The first kappa shape index (κ1) is 32.8. The van der Waals surface area contributed by atoms with E-state index in [4.69, 9.17) is 61.3 Å². The van der Waals surface area contributed by atoms with Gasteiger partial charge in [0, 0.05) is 0 Å². The number of aliphatic hydroxyl groups excluding tert-OH is 6. The predicted molar refractivity (Wildman–Crippen MR) is 49.4 cm³/mol. The van der Waals surface area contributed by atoms with Gasteiger partial charge < -0.3 is 61.3 Å². The Hall–Kier alpha value is 0.949. The van der Waals surface area contributed by atoms with Crippen LogP contribution in [0.5, 0.6) is 0 Å². The summed E-state index contributed by atoms with van der Waals surface area (Å²) in [5.74, 6) is 0. The Morgan fingerprint density at radius 2 is 0.300 bits per heavy atom. The molecule has 14 heteroatoms. The summed E-state index contributed by atoms with van der Waals surface area (Å²) in [6.07, 6.45) is -12.2. The number of aliphatic hydroxyl groups is 12. The van der Waals surface area contributed by atoms with E-state index in [0.717, 1.165) is 0 Å².